The summed E-state index contributed by atoms with van der Waals surface area (Å²) >= 11 is 0. The summed E-state index contributed by atoms with van der Waals surface area (Å²) in [6.07, 6.45) is 2.23. The maximum atomic E-state index is 13.4. The van der Waals surface area contributed by atoms with Crippen LogP contribution in [-0.4, -0.2) is 22.5 Å². The molecular weight excluding hydrogens is 517 g/mol. The number of benzene rings is 4. The Balaban J connectivity index is 1.17. The number of fused-ring (bicyclic) bond motifs is 1. The summed E-state index contributed by atoms with van der Waals surface area (Å²) in [6, 6.07) is 33.0. The standard InChI is InChI=1S/C33H26FN5O2/c34-25-12-7-13-27(20-25)39-33(40)38-26-16-14-22(15-17-26)18-19-35-31-29-28(23-8-3-1-4-9-23)30(24-10-5-2-6-11-24)41-32(29)37-21-36-31/h1-17,20-21H,18-19H2,(H,35,36,37)(H2,38,39,40). The lowest BCUT2D eigenvalue weighted by atomic mass is 9.99. The van der Waals surface area contributed by atoms with Crippen LogP contribution in [0.25, 0.3) is 33.6 Å². The van der Waals surface area contributed by atoms with Crippen molar-refractivity contribution in [2.75, 3.05) is 22.5 Å². The van der Waals surface area contributed by atoms with Gasteiger partial charge in [-0.1, -0.05) is 78.9 Å². The predicted molar refractivity (Wildman–Crippen MR) is 160 cm³/mol. The Morgan fingerprint density at radius 1 is 0.756 bits per heavy atom. The van der Waals surface area contributed by atoms with Crippen LogP contribution in [0.15, 0.2) is 120 Å². The lowest BCUT2D eigenvalue weighted by Gasteiger charge is -2.10. The number of urea groups is 1. The zero-order chi connectivity index (χ0) is 28.0. The Bertz CT molecular complexity index is 1790. The van der Waals surface area contributed by atoms with E-state index in [1.807, 2.05) is 72.8 Å². The lowest BCUT2D eigenvalue weighted by Crippen LogP contribution is -2.19. The molecule has 0 unspecified atom stereocenters. The van der Waals surface area contributed by atoms with Gasteiger partial charge in [0, 0.05) is 29.0 Å². The van der Waals surface area contributed by atoms with E-state index in [1.54, 1.807) is 6.07 Å². The second kappa shape index (κ2) is 11.7. The van der Waals surface area contributed by atoms with Gasteiger partial charge in [-0.15, -0.1) is 0 Å². The highest BCUT2D eigenvalue weighted by atomic mass is 19.1. The number of rotatable bonds is 8. The number of carbonyl (C=O) groups is 1. The number of hydrogen-bond acceptors (Lipinski definition) is 5. The van der Waals surface area contributed by atoms with E-state index >= 15 is 0 Å². The first-order valence-electron chi connectivity index (χ1n) is 13.2. The van der Waals surface area contributed by atoms with Gasteiger partial charge in [-0.25, -0.2) is 19.2 Å². The van der Waals surface area contributed by atoms with Crippen LogP contribution in [0.4, 0.5) is 26.4 Å². The number of carbonyl (C=O) groups excluding carboxylic acids is 1. The number of nitrogens with one attached hydrogen (secondary N) is 3. The molecule has 2 aromatic heterocycles. The minimum atomic E-state index is -0.443. The van der Waals surface area contributed by atoms with Gasteiger partial charge in [0.15, 0.2) is 0 Å². The van der Waals surface area contributed by atoms with Crippen molar-refractivity contribution in [1.82, 2.24) is 9.97 Å². The lowest BCUT2D eigenvalue weighted by molar-refractivity contribution is 0.262. The number of furan rings is 1. The van der Waals surface area contributed by atoms with E-state index in [9.17, 15) is 9.18 Å². The van der Waals surface area contributed by atoms with Gasteiger partial charge in [-0.05, 0) is 47.9 Å². The maximum absolute atomic E-state index is 13.4. The number of amides is 2. The fourth-order valence-electron chi connectivity index (χ4n) is 4.68. The second-order valence-electron chi connectivity index (χ2n) is 9.40. The summed E-state index contributed by atoms with van der Waals surface area (Å²) in [6.45, 7) is 0.624. The minimum Gasteiger partial charge on any atom is -0.437 e. The van der Waals surface area contributed by atoms with Crippen LogP contribution < -0.4 is 16.0 Å². The zero-order valence-electron chi connectivity index (χ0n) is 22.0. The molecule has 2 amide bonds. The quantitative estimate of drug-likeness (QED) is 0.181. The van der Waals surface area contributed by atoms with Gasteiger partial charge in [0.2, 0.25) is 5.71 Å². The molecule has 0 aliphatic carbocycles. The van der Waals surface area contributed by atoms with Crippen LogP contribution in [-0.2, 0) is 6.42 Å². The molecule has 0 bridgehead atoms. The second-order valence-corrected chi connectivity index (χ2v) is 9.40. The van der Waals surface area contributed by atoms with Gasteiger partial charge in [-0.2, -0.15) is 0 Å². The van der Waals surface area contributed by atoms with Crippen molar-refractivity contribution >= 4 is 34.3 Å². The van der Waals surface area contributed by atoms with Gasteiger partial charge in [0.05, 0.1) is 5.39 Å². The number of hydrogen-bond donors (Lipinski definition) is 3. The molecule has 0 saturated heterocycles. The van der Waals surface area contributed by atoms with Crippen molar-refractivity contribution in [2.24, 2.45) is 0 Å². The molecule has 3 N–H and O–H groups in total. The van der Waals surface area contributed by atoms with Crippen molar-refractivity contribution in [3.63, 3.8) is 0 Å². The van der Waals surface area contributed by atoms with E-state index < -0.39 is 11.8 Å². The first-order valence-corrected chi connectivity index (χ1v) is 13.2. The minimum absolute atomic E-state index is 0.382. The Kier molecular flexibility index (Phi) is 7.36. The summed E-state index contributed by atoms with van der Waals surface area (Å²) in [5.74, 6) is 1.04. The van der Waals surface area contributed by atoms with Gasteiger partial charge in [0.1, 0.15) is 23.7 Å². The van der Waals surface area contributed by atoms with Crippen molar-refractivity contribution in [1.29, 1.82) is 0 Å². The van der Waals surface area contributed by atoms with E-state index in [0.29, 0.717) is 29.5 Å². The Hall–Kier alpha value is -5.50. The third-order valence-corrected chi connectivity index (χ3v) is 6.59. The molecular formula is C33H26FN5O2. The fraction of sp³-hybridized carbons (Fsp3) is 0.0606. The molecule has 0 atom stereocenters. The van der Waals surface area contributed by atoms with Crippen molar-refractivity contribution in [3.8, 4) is 22.5 Å². The molecule has 0 spiro atoms. The number of nitrogens with zero attached hydrogens (tertiary/aromatic N) is 2. The first-order chi connectivity index (χ1) is 20.1. The largest absolute Gasteiger partial charge is 0.437 e. The summed E-state index contributed by atoms with van der Waals surface area (Å²) in [5.41, 5.74) is 5.55. The highest BCUT2D eigenvalue weighted by molar-refractivity contribution is 6.05. The smallest absolute Gasteiger partial charge is 0.323 e. The average Bonchev–Trinajstić information content (AvgIpc) is 3.40. The molecule has 0 aliphatic rings. The fourth-order valence-corrected chi connectivity index (χ4v) is 4.68. The van der Waals surface area contributed by atoms with Crippen LogP contribution >= 0.6 is 0 Å². The van der Waals surface area contributed by atoms with E-state index in [2.05, 4.69) is 38.1 Å². The van der Waals surface area contributed by atoms with Crippen molar-refractivity contribution in [2.45, 2.75) is 6.42 Å². The summed E-state index contributed by atoms with van der Waals surface area (Å²) < 4.78 is 19.6. The molecule has 0 aliphatic heterocycles. The third kappa shape index (κ3) is 5.91. The normalized spacial score (nSPS) is 10.9. The van der Waals surface area contributed by atoms with E-state index in [4.69, 9.17) is 4.42 Å². The van der Waals surface area contributed by atoms with Gasteiger partial charge >= 0.3 is 6.03 Å². The molecule has 2 heterocycles. The number of halogens is 1. The molecule has 0 radical (unpaired) electrons. The number of aromatic nitrogens is 2. The molecule has 0 fully saturated rings. The zero-order valence-corrected chi connectivity index (χ0v) is 22.0. The molecule has 7 nitrogen and oxygen atoms in total. The molecule has 202 valence electrons. The van der Waals surface area contributed by atoms with Crippen molar-refractivity contribution in [3.05, 3.63) is 127 Å². The van der Waals surface area contributed by atoms with Crippen LogP contribution in [0, 0.1) is 5.82 Å². The Labute approximate surface area is 236 Å². The van der Waals surface area contributed by atoms with Crippen LogP contribution in [0.5, 0.6) is 0 Å². The third-order valence-electron chi connectivity index (χ3n) is 6.59. The Morgan fingerprint density at radius 2 is 1.46 bits per heavy atom. The monoisotopic (exact) mass is 543 g/mol. The predicted octanol–water partition coefficient (Wildman–Crippen LogP) is 7.99. The average molecular weight is 544 g/mol. The highest BCUT2D eigenvalue weighted by Crippen LogP contribution is 2.42. The molecule has 8 heteroatoms. The molecule has 41 heavy (non-hydrogen) atoms. The summed E-state index contributed by atoms with van der Waals surface area (Å²) in [4.78, 5) is 21.2. The molecule has 4 aromatic carbocycles. The summed E-state index contributed by atoms with van der Waals surface area (Å²) in [5, 5.41) is 9.69. The molecule has 6 rings (SSSR count). The number of anilines is 3. The van der Waals surface area contributed by atoms with E-state index in [0.717, 1.165) is 39.8 Å². The SMILES string of the molecule is O=C(Nc1ccc(CCNc2ncnc3oc(-c4ccccc4)c(-c4ccccc4)c23)cc1)Nc1cccc(F)c1. The topological polar surface area (TPSA) is 92.1 Å². The van der Waals surface area contributed by atoms with Gasteiger partial charge < -0.3 is 20.4 Å². The highest BCUT2D eigenvalue weighted by Gasteiger charge is 2.21. The first kappa shape index (κ1) is 25.8. The van der Waals surface area contributed by atoms with Crippen LogP contribution in [0.1, 0.15) is 5.56 Å². The van der Waals surface area contributed by atoms with Gasteiger partial charge in [-0.3, -0.25) is 0 Å². The molecule has 6 aromatic rings. The van der Waals surface area contributed by atoms with Gasteiger partial charge in [0.25, 0.3) is 0 Å². The van der Waals surface area contributed by atoms with E-state index in [-0.39, 0.29) is 0 Å². The van der Waals surface area contributed by atoms with Crippen LogP contribution in [0.3, 0.4) is 0 Å². The maximum Gasteiger partial charge on any atom is 0.323 e. The van der Waals surface area contributed by atoms with Crippen molar-refractivity contribution < 1.29 is 13.6 Å². The Morgan fingerprint density at radius 3 is 2.20 bits per heavy atom. The van der Waals surface area contributed by atoms with E-state index in [1.165, 1.54) is 24.5 Å². The van der Waals surface area contributed by atoms with Crippen LogP contribution in [0.2, 0.25) is 0 Å². The summed E-state index contributed by atoms with van der Waals surface area (Å²) in [7, 11) is 0. The molecule has 0 saturated carbocycles.